The highest BCUT2D eigenvalue weighted by Gasteiger charge is 2.45. The Labute approximate surface area is 121 Å². The third-order valence-corrected chi connectivity index (χ3v) is 4.87. The van der Waals surface area contributed by atoms with Crippen LogP contribution in [0, 0.1) is 17.3 Å². The Balaban J connectivity index is 1.89. The normalized spacial score (nSPS) is 19.4. The Kier molecular flexibility index (Phi) is 4.48. The summed E-state index contributed by atoms with van der Waals surface area (Å²) < 4.78 is 0. The molecule has 1 aliphatic carbocycles. The molecule has 1 aromatic carbocycles. The molecule has 1 aliphatic rings. The molecule has 0 bridgehead atoms. The number of nitrogens with two attached hydrogens (primary N) is 1. The molecule has 2 unspecified atom stereocenters. The van der Waals surface area contributed by atoms with E-state index in [9.17, 15) is 4.79 Å². The first-order chi connectivity index (χ1) is 9.46. The van der Waals surface area contributed by atoms with E-state index in [0.717, 1.165) is 12.1 Å². The topological polar surface area (TPSA) is 55.1 Å². The van der Waals surface area contributed by atoms with Crippen LogP contribution in [0.4, 0.5) is 0 Å². The van der Waals surface area contributed by atoms with E-state index in [0.29, 0.717) is 11.3 Å². The van der Waals surface area contributed by atoms with E-state index in [4.69, 9.17) is 5.73 Å². The second-order valence-corrected chi connectivity index (χ2v) is 6.46. The zero-order valence-electron chi connectivity index (χ0n) is 12.7. The fraction of sp³-hybridized carbons (Fsp3) is 0.588. The average Bonchev–Trinajstić information content (AvgIpc) is 3.25. The van der Waals surface area contributed by atoms with Crippen molar-refractivity contribution >= 4 is 5.91 Å². The number of hydrogen-bond donors (Lipinski definition) is 2. The first kappa shape index (κ1) is 15.0. The van der Waals surface area contributed by atoms with E-state index in [1.54, 1.807) is 0 Å². The van der Waals surface area contributed by atoms with Crippen molar-refractivity contribution < 1.29 is 4.79 Å². The monoisotopic (exact) mass is 274 g/mol. The minimum Gasteiger partial charge on any atom is -0.355 e. The summed E-state index contributed by atoms with van der Waals surface area (Å²) in [5.41, 5.74) is 7.55. The van der Waals surface area contributed by atoms with Crippen LogP contribution < -0.4 is 11.1 Å². The molecule has 3 N–H and O–H groups in total. The van der Waals surface area contributed by atoms with E-state index >= 15 is 0 Å². The van der Waals surface area contributed by atoms with Crippen molar-refractivity contribution in [1.82, 2.24) is 5.32 Å². The average molecular weight is 274 g/mol. The Morgan fingerprint density at radius 1 is 1.25 bits per heavy atom. The molecule has 0 aromatic heterocycles. The number of rotatable bonds is 6. The zero-order valence-corrected chi connectivity index (χ0v) is 12.7. The van der Waals surface area contributed by atoms with Gasteiger partial charge in [0.2, 0.25) is 5.91 Å². The van der Waals surface area contributed by atoms with Gasteiger partial charge in [0, 0.05) is 12.6 Å². The fourth-order valence-corrected chi connectivity index (χ4v) is 2.67. The first-order valence-electron chi connectivity index (χ1n) is 7.54. The molecule has 3 nitrogen and oxygen atoms in total. The second-order valence-electron chi connectivity index (χ2n) is 6.46. The predicted molar refractivity (Wildman–Crippen MR) is 82.0 cm³/mol. The summed E-state index contributed by atoms with van der Waals surface area (Å²) in [6.07, 6.45) is 2.45. The molecular weight excluding hydrogens is 248 g/mol. The van der Waals surface area contributed by atoms with Crippen molar-refractivity contribution in [2.75, 3.05) is 6.54 Å². The Bertz CT molecular complexity index is 451. The molecule has 20 heavy (non-hydrogen) atoms. The van der Waals surface area contributed by atoms with Gasteiger partial charge in [0.1, 0.15) is 0 Å². The van der Waals surface area contributed by atoms with Crippen LogP contribution >= 0.6 is 0 Å². The fourth-order valence-electron chi connectivity index (χ4n) is 2.67. The summed E-state index contributed by atoms with van der Waals surface area (Å²) in [5.74, 6) is 0.481. The SMILES string of the molecule is CC(C(=O)NCC1(C(C)C)CC1)C(N)c1ccccc1. The summed E-state index contributed by atoms with van der Waals surface area (Å²) in [5, 5.41) is 3.10. The lowest BCUT2D eigenvalue weighted by Crippen LogP contribution is -2.39. The predicted octanol–water partition coefficient (Wildman–Crippen LogP) is 2.87. The summed E-state index contributed by atoms with van der Waals surface area (Å²) in [6, 6.07) is 9.58. The molecule has 0 heterocycles. The number of carbonyl (C=O) groups excluding carboxylic acids is 1. The van der Waals surface area contributed by atoms with Crippen LogP contribution in [0.3, 0.4) is 0 Å². The molecule has 0 spiro atoms. The van der Waals surface area contributed by atoms with Gasteiger partial charge in [-0.2, -0.15) is 0 Å². The standard InChI is InChI=1S/C17H26N2O/c1-12(2)17(9-10-17)11-19-16(20)13(3)15(18)14-7-5-4-6-8-14/h4-8,12-13,15H,9-11,18H2,1-3H3,(H,19,20). The van der Waals surface area contributed by atoms with Crippen molar-refractivity contribution in [2.24, 2.45) is 23.0 Å². The van der Waals surface area contributed by atoms with Crippen LogP contribution in [-0.4, -0.2) is 12.5 Å². The van der Waals surface area contributed by atoms with Gasteiger partial charge >= 0.3 is 0 Å². The maximum absolute atomic E-state index is 12.3. The molecule has 0 saturated heterocycles. The number of nitrogens with one attached hydrogen (secondary N) is 1. The van der Waals surface area contributed by atoms with Crippen molar-refractivity contribution in [1.29, 1.82) is 0 Å². The van der Waals surface area contributed by atoms with Gasteiger partial charge < -0.3 is 11.1 Å². The third kappa shape index (κ3) is 3.21. The van der Waals surface area contributed by atoms with Crippen LogP contribution in [0.25, 0.3) is 0 Å². The molecule has 0 radical (unpaired) electrons. The summed E-state index contributed by atoms with van der Waals surface area (Å²) in [6.45, 7) is 7.16. The molecule has 1 fully saturated rings. The van der Waals surface area contributed by atoms with Gasteiger partial charge in [-0.3, -0.25) is 4.79 Å². The minimum atomic E-state index is -0.245. The molecule has 2 rings (SSSR count). The maximum Gasteiger partial charge on any atom is 0.224 e. The van der Waals surface area contributed by atoms with E-state index in [1.165, 1.54) is 12.8 Å². The molecule has 1 saturated carbocycles. The molecule has 3 heteroatoms. The lowest BCUT2D eigenvalue weighted by Gasteiger charge is -2.24. The van der Waals surface area contributed by atoms with E-state index in [2.05, 4.69) is 19.2 Å². The Hall–Kier alpha value is -1.35. The van der Waals surface area contributed by atoms with Crippen LogP contribution in [0.2, 0.25) is 0 Å². The smallest absolute Gasteiger partial charge is 0.224 e. The Morgan fingerprint density at radius 3 is 2.35 bits per heavy atom. The Morgan fingerprint density at radius 2 is 1.85 bits per heavy atom. The molecule has 2 atom stereocenters. The number of benzene rings is 1. The van der Waals surface area contributed by atoms with Gasteiger partial charge in [0.05, 0.1) is 5.92 Å². The minimum absolute atomic E-state index is 0.0632. The third-order valence-electron chi connectivity index (χ3n) is 4.87. The van der Waals surface area contributed by atoms with Crippen molar-refractivity contribution in [2.45, 2.75) is 39.7 Å². The van der Waals surface area contributed by atoms with E-state index < -0.39 is 0 Å². The largest absolute Gasteiger partial charge is 0.355 e. The quantitative estimate of drug-likeness (QED) is 0.838. The lowest BCUT2D eigenvalue weighted by atomic mass is 9.91. The summed E-state index contributed by atoms with van der Waals surface area (Å²) in [4.78, 5) is 12.3. The van der Waals surface area contributed by atoms with Gasteiger partial charge in [-0.05, 0) is 29.7 Å². The van der Waals surface area contributed by atoms with Crippen LogP contribution in [-0.2, 0) is 4.79 Å². The van der Waals surface area contributed by atoms with Gasteiger partial charge in [-0.1, -0.05) is 51.1 Å². The number of hydrogen-bond acceptors (Lipinski definition) is 2. The van der Waals surface area contributed by atoms with Gasteiger partial charge in [0.25, 0.3) is 0 Å². The molecule has 110 valence electrons. The van der Waals surface area contributed by atoms with Gasteiger partial charge in [-0.15, -0.1) is 0 Å². The summed E-state index contributed by atoms with van der Waals surface area (Å²) >= 11 is 0. The highest BCUT2D eigenvalue weighted by molar-refractivity contribution is 5.79. The second kappa shape index (κ2) is 5.96. The van der Waals surface area contributed by atoms with E-state index in [1.807, 2.05) is 37.3 Å². The summed E-state index contributed by atoms with van der Waals surface area (Å²) in [7, 11) is 0. The molecule has 0 aliphatic heterocycles. The van der Waals surface area contributed by atoms with Gasteiger partial charge in [0.15, 0.2) is 0 Å². The number of amides is 1. The van der Waals surface area contributed by atoms with Crippen LogP contribution in [0.5, 0.6) is 0 Å². The van der Waals surface area contributed by atoms with Crippen LogP contribution in [0.15, 0.2) is 30.3 Å². The molecule has 1 amide bonds. The lowest BCUT2D eigenvalue weighted by molar-refractivity contribution is -0.125. The highest BCUT2D eigenvalue weighted by atomic mass is 16.1. The van der Waals surface area contributed by atoms with E-state index in [-0.39, 0.29) is 17.9 Å². The number of carbonyl (C=O) groups is 1. The van der Waals surface area contributed by atoms with Crippen molar-refractivity contribution in [3.05, 3.63) is 35.9 Å². The highest BCUT2D eigenvalue weighted by Crippen LogP contribution is 2.51. The van der Waals surface area contributed by atoms with Crippen molar-refractivity contribution in [3.8, 4) is 0 Å². The van der Waals surface area contributed by atoms with Gasteiger partial charge in [-0.25, -0.2) is 0 Å². The maximum atomic E-state index is 12.3. The first-order valence-corrected chi connectivity index (χ1v) is 7.54. The molecular formula is C17H26N2O. The van der Waals surface area contributed by atoms with Crippen molar-refractivity contribution in [3.63, 3.8) is 0 Å². The molecule has 1 aromatic rings. The van der Waals surface area contributed by atoms with Crippen LogP contribution in [0.1, 0.15) is 45.2 Å². The zero-order chi connectivity index (χ0) is 14.8.